The van der Waals surface area contributed by atoms with Crippen LogP contribution in [0, 0.1) is 11.3 Å². The minimum absolute atomic E-state index is 0.105. The van der Waals surface area contributed by atoms with E-state index in [1.54, 1.807) is 0 Å². The maximum atomic E-state index is 13.3. The number of hydrogen-bond acceptors (Lipinski definition) is 5. The highest BCUT2D eigenvalue weighted by Gasteiger charge is 2.46. The molecule has 0 fully saturated rings. The third-order valence-electron chi connectivity index (χ3n) is 6.39. The first-order chi connectivity index (χ1) is 14.7. The maximum absolute atomic E-state index is 13.3. The molecule has 1 aromatic carbocycles. The molecule has 0 spiro atoms. The van der Waals surface area contributed by atoms with E-state index in [2.05, 4.69) is 56.9 Å². The maximum Gasteiger partial charge on any atom is 0.315 e. The molecule has 2 atom stereocenters. The number of esters is 1. The fraction of sp³-hybridized carbons (Fsp3) is 0.577. The van der Waals surface area contributed by atoms with E-state index in [-0.39, 0.29) is 23.1 Å². The molecule has 0 bridgehead atoms. The molecule has 0 saturated heterocycles. The Morgan fingerprint density at radius 3 is 2.35 bits per heavy atom. The van der Waals surface area contributed by atoms with Gasteiger partial charge in [-0.15, -0.1) is 0 Å². The molecule has 5 heteroatoms. The number of ether oxygens (including phenoxy) is 1. The number of ketones is 1. The summed E-state index contributed by atoms with van der Waals surface area (Å²) in [7, 11) is 0. The van der Waals surface area contributed by atoms with Gasteiger partial charge in [-0.25, -0.2) is 0 Å². The lowest BCUT2D eigenvalue weighted by Crippen LogP contribution is -2.39. The summed E-state index contributed by atoms with van der Waals surface area (Å²) in [5.41, 5.74) is 4.29. The predicted octanol–water partition coefficient (Wildman–Crippen LogP) is 5.30. The summed E-state index contributed by atoms with van der Waals surface area (Å²) in [5, 5.41) is 0. The number of allylic oxidation sites excluding steroid dienone is 2. The van der Waals surface area contributed by atoms with E-state index >= 15 is 0 Å². The number of carbonyl (C=O) groups excluding carboxylic acids is 2. The summed E-state index contributed by atoms with van der Waals surface area (Å²) in [6.07, 6.45) is 1.99. The number of aliphatic imine (C=N–C) groups is 1. The average Bonchev–Trinajstić information content (AvgIpc) is 2.71. The Balaban J connectivity index is 2.08. The van der Waals surface area contributed by atoms with Crippen molar-refractivity contribution in [3.8, 4) is 0 Å². The van der Waals surface area contributed by atoms with Gasteiger partial charge in [0.2, 0.25) is 0 Å². The highest BCUT2D eigenvalue weighted by Crippen LogP contribution is 2.48. The first kappa shape index (κ1) is 23.2. The van der Waals surface area contributed by atoms with Crippen LogP contribution in [0.15, 0.2) is 40.5 Å². The molecule has 168 valence electrons. The van der Waals surface area contributed by atoms with Crippen LogP contribution in [0.25, 0.3) is 0 Å². The Kier molecular flexibility index (Phi) is 7.03. The van der Waals surface area contributed by atoms with Gasteiger partial charge in [0.25, 0.3) is 0 Å². The quantitative estimate of drug-likeness (QED) is 0.557. The van der Waals surface area contributed by atoms with Gasteiger partial charge in [-0.3, -0.25) is 14.6 Å². The van der Waals surface area contributed by atoms with Gasteiger partial charge in [-0.1, -0.05) is 32.9 Å². The number of nitrogens with zero attached hydrogens (tertiary/aromatic N) is 2. The van der Waals surface area contributed by atoms with Crippen LogP contribution in [-0.2, 0) is 14.3 Å². The number of hydrogen-bond donors (Lipinski definition) is 0. The van der Waals surface area contributed by atoms with Crippen molar-refractivity contribution in [1.82, 2.24) is 0 Å². The fourth-order valence-electron chi connectivity index (χ4n) is 4.88. The molecular formula is C26H36N2O3. The van der Waals surface area contributed by atoms with Crippen LogP contribution in [0.1, 0.15) is 72.3 Å². The van der Waals surface area contributed by atoms with Gasteiger partial charge in [0.1, 0.15) is 5.92 Å². The zero-order valence-electron chi connectivity index (χ0n) is 19.8. The minimum atomic E-state index is -0.560. The number of carbonyl (C=O) groups is 2. The molecular weight excluding hydrogens is 388 g/mol. The second kappa shape index (κ2) is 9.37. The molecule has 1 aliphatic carbocycles. The van der Waals surface area contributed by atoms with Crippen molar-refractivity contribution in [2.24, 2.45) is 16.3 Å². The molecule has 2 aliphatic rings. The van der Waals surface area contributed by atoms with Gasteiger partial charge < -0.3 is 9.64 Å². The molecule has 0 N–H and O–H groups in total. The molecule has 1 heterocycles. The highest BCUT2D eigenvalue weighted by atomic mass is 16.5. The van der Waals surface area contributed by atoms with Crippen LogP contribution in [0.4, 0.5) is 5.69 Å². The number of benzene rings is 1. The fourth-order valence-corrected chi connectivity index (χ4v) is 4.88. The Morgan fingerprint density at radius 2 is 1.77 bits per heavy atom. The second-order valence-electron chi connectivity index (χ2n) is 9.44. The summed E-state index contributed by atoms with van der Waals surface area (Å²) in [5.74, 6) is -1.08. The van der Waals surface area contributed by atoms with Gasteiger partial charge >= 0.3 is 5.97 Å². The first-order valence-electron chi connectivity index (χ1n) is 11.5. The van der Waals surface area contributed by atoms with E-state index in [1.165, 1.54) is 0 Å². The van der Waals surface area contributed by atoms with E-state index in [9.17, 15) is 9.59 Å². The van der Waals surface area contributed by atoms with Crippen molar-refractivity contribution in [2.45, 2.75) is 66.7 Å². The standard InChI is InChI=1S/C26H36N2O3/c1-7-14-31-25(30)22-17(4)27-20-15-26(5,6)16-21(29)24(20)23(22)18-10-12-19(13-11-18)28(8-2)9-3/h10-13,22-23H,7-9,14-16H2,1-6H3/t22?,23-/m0/s1. The second-order valence-corrected chi connectivity index (χ2v) is 9.44. The van der Waals surface area contributed by atoms with Gasteiger partial charge in [0, 0.05) is 48.1 Å². The lowest BCUT2D eigenvalue weighted by atomic mass is 9.67. The Morgan fingerprint density at radius 1 is 1.13 bits per heavy atom. The van der Waals surface area contributed by atoms with Crippen LogP contribution < -0.4 is 4.90 Å². The van der Waals surface area contributed by atoms with Crippen molar-refractivity contribution < 1.29 is 14.3 Å². The molecule has 1 aromatic rings. The zero-order chi connectivity index (χ0) is 22.8. The van der Waals surface area contributed by atoms with Gasteiger partial charge in [-0.2, -0.15) is 0 Å². The van der Waals surface area contributed by atoms with Crippen LogP contribution in [0.2, 0.25) is 0 Å². The predicted molar refractivity (Wildman–Crippen MR) is 126 cm³/mol. The van der Waals surface area contributed by atoms with E-state index in [0.29, 0.717) is 18.6 Å². The van der Waals surface area contributed by atoms with Gasteiger partial charge in [0.05, 0.1) is 6.61 Å². The van der Waals surface area contributed by atoms with E-state index in [1.807, 2.05) is 13.8 Å². The summed E-state index contributed by atoms with van der Waals surface area (Å²) in [6, 6.07) is 8.31. The lowest BCUT2D eigenvalue weighted by molar-refractivity contribution is -0.146. The van der Waals surface area contributed by atoms with Crippen LogP contribution in [0.5, 0.6) is 0 Å². The molecule has 31 heavy (non-hydrogen) atoms. The van der Waals surface area contributed by atoms with Crippen molar-refractivity contribution in [3.05, 3.63) is 41.1 Å². The molecule has 0 aromatic heterocycles. The topological polar surface area (TPSA) is 59.0 Å². The molecule has 3 rings (SSSR count). The first-order valence-corrected chi connectivity index (χ1v) is 11.5. The average molecular weight is 425 g/mol. The van der Waals surface area contributed by atoms with Crippen molar-refractivity contribution in [3.63, 3.8) is 0 Å². The van der Waals surface area contributed by atoms with Crippen molar-refractivity contribution >= 4 is 23.2 Å². The van der Waals surface area contributed by atoms with Crippen molar-refractivity contribution in [1.29, 1.82) is 0 Å². The third kappa shape index (κ3) is 4.76. The Bertz CT molecular complexity index is 892. The lowest BCUT2D eigenvalue weighted by Gasteiger charge is -2.39. The van der Waals surface area contributed by atoms with E-state index < -0.39 is 5.92 Å². The van der Waals surface area contributed by atoms with Gasteiger partial charge in [0.15, 0.2) is 5.78 Å². The van der Waals surface area contributed by atoms with Crippen LogP contribution >= 0.6 is 0 Å². The summed E-state index contributed by atoms with van der Waals surface area (Å²) in [4.78, 5) is 33.4. The molecule has 0 saturated carbocycles. The smallest absolute Gasteiger partial charge is 0.315 e. The number of anilines is 1. The zero-order valence-corrected chi connectivity index (χ0v) is 19.8. The summed E-state index contributed by atoms with van der Waals surface area (Å²) in [6.45, 7) is 14.6. The normalized spacial score (nSPS) is 22.6. The third-order valence-corrected chi connectivity index (χ3v) is 6.39. The van der Waals surface area contributed by atoms with E-state index in [4.69, 9.17) is 9.73 Å². The molecule has 1 aliphatic heterocycles. The monoisotopic (exact) mass is 424 g/mol. The van der Waals surface area contributed by atoms with Crippen LogP contribution in [-0.4, -0.2) is 37.2 Å². The van der Waals surface area contributed by atoms with Crippen LogP contribution in [0.3, 0.4) is 0 Å². The van der Waals surface area contributed by atoms with Gasteiger partial charge in [-0.05, 0) is 56.7 Å². The van der Waals surface area contributed by atoms with Crippen molar-refractivity contribution in [2.75, 3.05) is 24.6 Å². The molecule has 0 radical (unpaired) electrons. The summed E-state index contributed by atoms with van der Waals surface area (Å²) < 4.78 is 5.54. The minimum Gasteiger partial charge on any atom is -0.465 e. The Hall–Kier alpha value is -2.43. The molecule has 1 unspecified atom stereocenters. The largest absolute Gasteiger partial charge is 0.465 e. The Labute approximate surface area is 186 Å². The SMILES string of the molecule is CCCOC(=O)C1C(C)=NC2=C(C(=O)CC(C)(C)C2)[C@H]1c1ccc(N(CC)CC)cc1. The number of Topliss-reactive ketones (excluding diaryl/α,β-unsaturated/α-hetero) is 1. The molecule has 0 amide bonds. The summed E-state index contributed by atoms with van der Waals surface area (Å²) >= 11 is 0. The highest BCUT2D eigenvalue weighted by molar-refractivity contribution is 6.09. The molecule has 5 nitrogen and oxygen atoms in total. The number of rotatable bonds is 7. The van der Waals surface area contributed by atoms with E-state index in [0.717, 1.165) is 48.6 Å².